The maximum atomic E-state index is 12.5. The van der Waals surface area contributed by atoms with Crippen LogP contribution in [-0.4, -0.2) is 67.4 Å². The second-order valence-electron chi connectivity index (χ2n) is 8.42. The highest BCUT2D eigenvalue weighted by molar-refractivity contribution is 5.89. The fraction of sp³-hybridized carbons (Fsp3) is 0.240. The van der Waals surface area contributed by atoms with Gasteiger partial charge in [-0.1, -0.05) is 12.1 Å². The molecule has 0 aromatic heterocycles. The molecule has 2 aromatic carbocycles. The van der Waals surface area contributed by atoms with E-state index in [1.165, 1.54) is 48.6 Å². The maximum absolute atomic E-state index is 12.5. The number of carbonyl (C=O) groups is 3. The molecule has 36 heavy (non-hydrogen) atoms. The molecular formula is C25H22O11. The average molecular weight is 498 g/mol. The Labute approximate surface area is 204 Å². The van der Waals surface area contributed by atoms with Crippen LogP contribution < -0.4 is 0 Å². The van der Waals surface area contributed by atoms with Crippen molar-refractivity contribution in [2.45, 2.75) is 36.8 Å². The summed E-state index contributed by atoms with van der Waals surface area (Å²) in [5, 5.41) is 48.4. The highest BCUT2D eigenvalue weighted by Gasteiger charge is 2.60. The topological polar surface area (TPSA) is 180 Å². The van der Waals surface area contributed by atoms with Crippen molar-refractivity contribution in [3.63, 3.8) is 0 Å². The van der Waals surface area contributed by atoms with E-state index in [4.69, 9.17) is 14.2 Å². The SMILES string of the molecule is O=C(/C=C/c1ccc(O)c(O)c1)O[C@@H]1[C@@H]2C[C@@](O)(C[C@H]1OC(=O)/C=C/c1ccc(O)c(O)c1)C(=O)O2. The summed E-state index contributed by atoms with van der Waals surface area (Å²) in [5.41, 5.74) is -1.11. The van der Waals surface area contributed by atoms with Gasteiger partial charge in [0.25, 0.3) is 0 Å². The van der Waals surface area contributed by atoms with Crippen LogP contribution in [0.1, 0.15) is 24.0 Å². The monoisotopic (exact) mass is 498 g/mol. The van der Waals surface area contributed by atoms with Crippen molar-refractivity contribution in [2.24, 2.45) is 0 Å². The summed E-state index contributed by atoms with van der Waals surface area (Å²) in [6.07, 6.45) is 0.764. The van der Waals surface area contributed by atoms with Gasteiger partial charge < -0.3 is 39.7 Å². The lowest BCUT2D eigenvalue weighted by Gasteiger charge is -2.35. The van der Waals surface area contributed by atoms with Crippen LogP contribution in [0.15, 0.2) is 48.6 Å². The maximum Gasteiger partial charge on any atom is 0.338 e. The zero-order chi connectivity index (χ0) is 26.0. The van der Waals surface area contributed by atoms with Gasteiger partial charge >= 0.3 is 17.9 Å². The fourth-order valence-electron chi connectivity index (χ4n) is 3.98. The van der Waals surface area contributed by atoms with Crippen molar-refractivity contribution >= 4 is 30.1 Å². The number of phenols is 4. The normalized spacial score (nSPS) is 25.1. The van der Waals surface area contributed by atoms with Gasteiger partial charge in [0.1, 0.15) is 12.2 Å². The molecule has 188 valence electrons. The van der Waals surface area contributed by atoms with Crippen LogP contribution in [0.4, 0.5) is 0 Å². The summed E-state index contributed by atoms with van der Waals surface area (Å²) >= 11 is 0. The van der Waals surface area contributed by atoms with Crippen molar-refractivity contribution in [1.82, 2.24) is 0 Å². The van der Waals surface area contributed by atoms with E-state index in [9.17, 15) is 39.9 Å². The number of phenolic OH excluding ortho intramolecular Hbond substituents is 4. The zero-order valence-electron chi connectivity index (χ0n) is 18.6. The first-order chi connectivity index (χ1) is 17.0. The third-order valence-corrected chi connectivity index (χ3v) is 5.79. The van der Waals surface area contributed by atoms with Gasteiger partial charge in [-0.15, -0.1) is 0 Å². The molecule has 1 saturated carbocycles. The minimum atomic E-state index is -1.88. The zero-order valence-corrected chi connectivity index (χ0v) is 18.6. The van der Waals surface area contributed by atoms with Crippen molar-refractivity contribution < 1.29 is 54.1 Å². The fourth-order valence-corrected chi connectivity index (χ4v) is 3.98. The number of aliphatic hydroxyl groups is 1. The summed E-state index contributed by atoms with van der Waals surface area (Å²) < 4.78 is 15.9. The van der Waals surface area contributed by atoms with Gasteiger partial charge in [-0.3, -0.25) is 0 Å². The second-order valence-corrected chi connectivity index (χ2v) is 8.42. The molecule has 11 heteroatoms. The van der Waals surface area contributed by atoms with Crippen LogP contribution in [0.2, 0.25) is 0 Å². The van der Waals surface area contributed by atoms with E-state index in [2.05, 4.69) is 0 Å². The second kappa shape index (κ2) is 9.62. The summed E-state index contributed by atoms with van der Waals surface area (Å²) in [5.74, 6) is -4.05. The minimum absolute atomic E-state index is 0.143. The van der Waals surface area contributed by atoms with Gasteiger partial charge in [0.2, 0.25) is 0 Å². The molecule has 1 saturated heterocycles. The Bertz CT molecular complexity index is 1260. The molecule has 1 heterocycles. The molecule has 1 aliphatic carbocycles. The quantitative estimate of drug-likeness (QED) is 0.169. The molecule has 2 fully saturated rings. The van der Waals surface area contributed by atoms with Crippen molar-refractivity contribution in [1.29, 1.82) is 0 Å². The molecule has 0 amide bonds. The number of fused-ring (bicyclic) bond motifs is 2. The predicted octanol–water partition coefficient (Wildman–Crippen LogP) is 1.51. The van der Waals surface area contributed by atoms with Gasteiger partial charge in [-0.05, 0) is 47.5 Å². The number of ether oxygens (including phenoxy) is 3. The molecule has 11 nitrogen and oxygen atoms in total. The third kappa shape index (κ3) is 5.26. The Kier molecular flexibility index (Phi) is 6.58. The number of aromatic hydroxyl groups is 4. The van der Waals surface area contributed by atoms with Gasteiger partial charge in [0.15, 0.2) is 34.7 Å². The molecule has 2 aliphatic rings. The predicted molar refractivity (Wildman–Crippen MR) is 121 cm³/mol. The summed E-state index contributed by atoms with van der Waals surface area (Å²) in [6, 6.07) is 7.81. The van der Waals surface area contributed by atoms with Crippen LogP contribution in [0.25, 0.3) is 12.2 Å². The van der Waals surface area contributed by atoms with E-state index in [0.29, 0.717) is 11.1 Å². The Balaban J connectivity index is 1.46. The smallest absolute Gasteiger partial charge is 0.338 e. The first-order valence-electron chi connectivity index (χ1n) is 10.8. The number of hydrogen-bond acceptors (Lipinski definition) is 11. The van der Waals surface area contributed by atoms with Crippen molar-refractivity contribution in [3.05, 3.63) is 59.7 Å². The lowest BCUT2D eigenvalue weighted by atomic mass is 9.82. The van der Waals surface area contributed by atoms with Crippen LogP contribution in [0, 0.1) is 0 Å². The largest absolute Gasteiger partial charge is 0.504 e. The number of rotatable bonds is 6. The van der Waals surface area contributed by atoms with E-state index in [-0.39, 0.29) is 35.8 Å². The number of esters is 3. The number of carbonyl (C=O) groups excluding carboxylic acids is 3. The molecule has 0 radical (unpaired) electrons. The van der Waals surface area contributed by atoms with Crippen LogP contribution >= 0.6 is 0 Å². The van der Waals surface area contributed by atoms with E-state index in [1.54, 1.807) is 0 Å². The van der Waals surface area contributed by atoms with E-state index < -0.39 is 41.8 Å². The number of benzene rings is 2. The van der Waals surface area contributed by atoms with E-state index in [1.807, 2.05) is 0 Å². The molecule has 1 aliphatic heterocycles. The standard InChI is InChI=1S/C25H22O11/c26-15-5-1-13(9-17(15)28)3-7-21(30)34-19-11-25(33)12-20(35-24(25)32)23(19)36-22(31)8-4-14-2-6-16(27)18(29)10-14/h1-10,19-20,23,26-29,33H,11-12H2/b7-3+,8-4+/t19-,20+,23+,25+/m1/s1. The highest BCUT2D eigenvalue weighted by atomic mass is 16.6. The van der Waals surface area contributed by atoms with Crippen LogP contribution in [0.5, 0.6) is 23.0 Å². The summed E-state index contributed by atoms with van der Waals surface area (Å²) in [6.45, 7) is 0. The average Bonchev–Trinajstić information content (AvgIpc) is 3.07. The first kappa shape index (κ1) is 24.6. The number of hydrogen-bond donors (Lipinski definition) is 5. The molecule has 4 rings (SSSR count). The minimum Gasteiger partial charge on any atom is -0.504 e. The van der Waals surface area contributed by atoms with Crippen LogP contribution in [0.3, 0.4) is 0 Å². The summed E-state index contributed by atoms with van der Waals surface area (Å²) in [4.78, 5) is 37.0. The lowest BCUT2D eigenvalue weighted by Crippen LogP contribution is -2.51. The van der Waals surface area contributed by atoms with Gasteiger partial charge in [-0.25, -0.2) is 14.4 Å². The molecule has 5 N–H and O–H groups in total. The molecule has 2 bridgehead atoms. The molecular weight excluding hydrogens is 476 g/mol. The molecule has 0 spiro atoms. The lowest BCUT2D eigenvalue weighted by molar-refractivity contribution is -0.178. The Morgan fingerprint density at radius 1 is 0.833 bits per heavy atom. The Morgan fingerprint density at radius 2 is 1.36 bits per heavy atom. The Hall–Kier alpha value is -4.51. The third-order valence-electron chi connectivity index (χ3n) is 5.79. The van der Waals surface area contributed by atoms with Gasteiger partial charge in [-0.2, -0.15) is 0 Å². The highest BCUT2D eigenvalue weighted by Crippen LogP contribution is 2.41. The van der Waals surface area contributed by atoms with Gasteiger partial charge in [0, 0.05) is 25.0 Å². The van der Waals surface area contributed by atoms with E-state index in [0.717, 1.165) is 12.2 Å². The van der Waals surface area contributed by atoms with Crippen LogP contribution in [-0.2, 0) is 28.6 Å². The first-order valence-corrected chi connectivity index (χ1v) is 10.8. The summed E-state index contributed by atoms with van der Waals surface area (Å²) in [7, 11) is 0. The van der Waals surface area contributed by atoms with Crippen molar-refractivity contribution in [3.8, 4) is 23.0 Å². The molecule has 4 atom stereocenters. The Morgan fingerprint density at radius 3 is 1.89 bits per heavy atom. The van der Waals surface area contributed by atoms with Crippen molar-refractivity contribution in [2.75, 3.05) is 0 Å². The molecule has 2 aromatic rings. The van der Waals surface area contributed by atoms with Gasteiger partial charge in [0.05, 0.1) is 0 Å². The van der Waals surface area contributed by atoms with E-state index >= 15 is 0 Å². The molecule has 0 unspecified atom stereocenters.